The first-order chi connectivity index (χ1) is 20.2. The SMILES string of the molecule is Cc1ccn(-c2[c-]c(-n3ccc(C)n3)c(F)cc2F)n1.Fc1c[c-]c(-c2ccccn2)c(F)c1.[C-]#Cc1ccccc1.[Ir+3]. The van der Waals surface area contributed by atoms with Crippen LogP contribution in [0, 0.1) is 61.6 Å². The van der Waals surface area contributed by atoms with Gasteiger partial charge in [0.15, 0.2) is 0 Å². The quantitative estimate of drug-likeness (QED) is 0.109. The van der Waals surface area contributed by atoms with E-state index in [2.05, 4.69) is 33.2 Å². The Morgan fingerprint density at radius 2 is 1.33 bits per heavy atom. The number of hydrogen-bond donors (Lipinski definition) is 0. The molecule has 5 nitrogen and oxygen atoms in total. The minimum absolute atomic E-state index is 0. The fraction of sp³-hybridized carbons (Fsp3) is 0.0606. The summed E-state index contributed by atoms with van der Waals surface area (Å²) in [4.78, 5) is 3.95. The van der Waals surface area contributed by atoms with Crippen LogP contribution in [0.2, 0.25) is 0 Å². The van der Waals surface area contributed by atoms with E-state index in [4.69, 9.17) is 6.42 Å². The van der Waals surface area contributed by atoms with Gasteiger partial charge in [-0.3, -0.25) is 32.8 Å². The van der Waals surface area contributed by atoms with Crippen molar-refractivity contribution in [1.29, 1.82) is 0 Å². The molecule has 0 saturated heterocycles. The summed E-state index contributed by atoms with van der Waals surface area (Å²) in [6.07, 6.45) is 11.4. The minimum Gasteiger partial charge on any atom is -0.366 e. The zero-order valence-electron chi connectivity index (χ0n) is 22.8. The smallest absolute Gasteiger partial charge is 0.366 e. The molecular formula is C33H22F4IrN5. The first-order valence-electron chi connectivity index (χ1n) is 12.5. The molecule has 3 aromatic heterocycles. The number of aromatic nitrogens is 5. The number of hydrogen-bond acceptors (Lipinski definition) is 3. The second-order valence-corrected chi connectivity index (χ2v) is 8.71. The second-order valence-electron chi connectivity index (χ2n) is 8.71. The van der Waals surface area contributed by atoms with Crippen molar-refractivity contribution in [2.45, 2.75) is 13.8 Å². The summed E-state index contributed by atoms with van der Waals surface area (Å²) in [6, 6.07) is 25.9. The number of benzene rings is 3. The second kappa shape index (κ2) is 15.4. The van der Waals surface area contributed by atoms with E-state index >= 15 is 0 Å². The molecule has 0 aliphatic rings. The van der Waals surface area contributed by atoms with E-state index in [1.807, 2.05) is 30.3 Å². The predicted molar refractivity (Wildman–Crippen MR) is 150 cm³/mol. The van der Waals surface area contributed by atoms with Gasteiger partial charge in [0.05, 0.1) is 11.4 Å². The van der Waals surface area contributed by atoms with Gasteiger partial charge in [-0.15, -0.1) is 35.9 Å². The Labute approximate surface area is 260 Å². The summed E-state index contributed by atoms with van der Waals surface area (Å²) >= 11 is 0. The van der Waals surface area contributed by atoms with E-state index in [0.717, 1.165) is 35.2 Å². The molecular weight excluding hydrogens is 735 g/mol. The summed E-state index contributed by atoms with van der Waals surface area (Å²) in [5.74, 6) is -0.457. The van der Waals surface area contributed by atoms with Crippen LogP contribution in [0.25, 0.3) is 22.6 Å². The molecule has 0 unspecified atom stereocenters. The average molecular weight is 757 g/mol. The number of halogens is 4. The monoisotopic (exact) mass is 757 g/mol. The zero-order chi connectivity index (χ0) is 30.1. The summed E-state index contributed by atoms with van der Waals surface area (Å²) in [7, 11) is 0. The molecule has 0 saturated carbocycles. The van der Waals surface area contributed by atoms with Gasteiger partial charge in [-0.1, -0.05) is 48.0 Å². The Balaban J connectivity index is 0.000000192. The predicted octanol–water partition coefficient (Wildman–Crippen LogP) is 7.20. The van der Waals surface area contributed by atoms with Crippen molar-refractivity contribution in [3.05, 3.63) is 156 Å². The van der Waals surface area contributed by atoms with Crippen LogP contribution in [0.1, 0.15) is 17.0 Å². The van der Waals surface area contributed by atoms with Crippen LogP contribution in [0.5, 0.6) is 0 Å². The van der Waals surface area contributed by atoms with E-state index in [-0.39, 0.29) is 37.0 Å². The van der Waals surface area contributed by atoms with Crippen LogP contribution in [-0.2, 0) is 20.1 Å². The third kappa shape index (κ3) is 8.82. The average Bonchev–Trinajstić information content (AvgIpc) is 3.62. The molecule has 0 aliphatic carbocycles. The number of pyridine rings is 1. The Morgan fingerprint density at radius 3 is 1.77 bits per heavy atom. The molecule has 0 amide bonds. The molecule has 0 N–H and O–H groups in total. The van der Waals surface area contributed by atoms with Gasteiger partial charge >= 0.3 is 20.1 Å². The summed E-state index contributed by atoms with van der Waals surface area (Å²) in [6.45, 7) is 3.57. The van der Waals surface area contributed by atoms with Crippen molar-refractivity contribution in [3.8, 4) is 28.6 Å². The van der Waals surface area contributed by atoms with Gasteiger partial charge in [0.1, 0.15) is 0 Å². The van der Waals surface area contributed by atoms with E-state index in [1.54, 1.807) is 62.8 Å². The topological polar surface area (TPSA) is 48.5 Å². The van der Waals surface area contributed by atoms with Gasteiger partial charge in [-0.2, -0.15) is 10.2 Å². The van der Waals surface area contributed by atoms with Gasteiger partial charge in [-0.05, 0) is 49.1 Å². The van der Waals surface area contributed by atoms with Gasteiger partial charge in [-0.25, -0.2) is 0 Å². The summed E-state index contributed by atoms with van der Waals surface area (Å²) in [5, 5.41) is 8.21. The Kier molecular flexibility index (Phi) is 11.7. The van der Waals surface area contributed by atoms with Crippen molar-refractivity contribution in [3.63, 3.8) is 0 Å². The fourth-order valence-corrected chi connectivity index (χ4v) is 3.57. The minimum atomic E-state index is -0.724. The van der Waals surface area contributed by atoms with Gasteiger partial charge in [0.25, 0.3) is 0 Å². The van der Waals surface area contributed by atoms with Crippen molar-refractivity contribution < 1.29 is 37.7 Å². The molecule has 0 radical (unpaired) electrons. The third-order valence-corrected chi connectivity index (χ3v) is 5.54. The Bertz CT molecular complexity index is 1750. The maximum Gasteiger partial charge on any atom is 3.00 e. The van der Waals surface area contributed by atoms with Crippen LogP contribution in [0.4, 0.5) is 17.6 Å². The normalized spacial score (nSPS) is 9.88. The molecule has 6 rings (SSSR count). The van der Waals surface area contributed by atoms with Crippen LogP contribution in [-0.4, -0.2) is 24.5 Å². The number of nitrogens with zero attached hydrogens (tertiary/aromatic N) is 5. The molecule has 43 heavy (non-hydrogen) atoms. The number of aryl methyl sites for hydroxylation is 2. The molecule has 0 bridgehead atoms. The Hall–Kier alpha value is -4.84. The first-order valence-corrected chi connectivity index (χ1v) is 12.5. The van der Waals surface area contributed by atoms with E-state index in [1.165, 1.54) is 9.36 Å². The van der Waals surface area contributed by atoms with Crippen LogP contribution < -0.4 is 0 Å². The molecule has 0 fully saturated rings. The molecule has 10 heteroatoms. The number of rotatable bonds is 3. The van der Waals surface area contributed by atoms with Gasteiger partial charge < -0.3 is 11.4 Å². The summed E-state index contributed by atoms with van der Waals surface area (Å²) in [5.41, 5.74) is 3.05. The molecule has 3 aromatic carbocycles. The van der Waals surface area contributed by atoms with Crippen LogP contribution >= 0.6 is 0 Å². The van der Waals surface area contributed by atoms with E-state index in [9.17, 15) is 17.6 Å². The zero-order valence-corrected chi connectivity index (χ0v) is 25.2. The standard InChI is InChI=1S/C14H11F2N4.C11H6F2N.C8H5.Ir/c1-9-3-5-19(17-9)13-8-14(12(16)7-11(13)15)20-6-4-10(2)18-20;12-8-4-5-9(10(13)7-8)11-3-1-2-6-14-11;1-2-8-6-4-3-5-7-8;/h3-7H,1-2H3;1-4,6-7H;3-7H;/q3*-1;+3. The molecule has 0 aliphatic heterocycles. The Morgan fingerprint density at radius 1 is 0.744 bits per heavy atom. The molecule has 3 heterocycles. The van der Waals surface area contributed by atoms with Gasteiger partial charge in [0.2, 0.25) is 0 Å². The fourth-order valence-electron chi connectivity index (χ4n) is 3.57. The first kappa shape index (κ1) is 32.7. The van der Waals surface area contributed by atoms with Crippen LogP contribution in [0.15, 0.2) is 97.5 Å². The molecule has 216 valence electrons. The van der Waals surface area contributed by atoms with Crippen molar-refractivity contribution in [1.82, 2.24) is 24.5 Å². The van der Waals surface area contributed by atoms with E-state index < -0.39 is 23.3 Å². The van der Waals surface area contributed by atoms with Crippen molar-refractivity contribution >= 4 is 0 Å². The summed E-state index contributed by atoms with van der Waals surface area (Å²) < 4.78 is 56.2. The van der Waals surface area contributed by atoms with E-state index in [0.29, 0.717) is 5.69 Å². The van der Waals surface area contributed by atoms with Crippen LogP contribution in [0.3, 0.4) is 0 Å². The van der Waals surface area contributed by atoms with Crippen molar-refractivity contribution in [2.75, 3.05) is 0 Å². The third-order valence-electron chi connectivity index (χ3n) is 5.54. The molecule has 6 aromatic rings. The maximum absolute atomic E-state index is 13.9. The maximum atomic E-state index is 13.9. The largest absolute Gasteiger partial charge is 3.00 e. The molecule has 0 atom stereocenters. The van der Waals surface area contributed by atoms with Gasteiger partial charge in [0, 0.05) is 41.9 Å². The van der Waals surface area contributed by atoms with Crippen molar-refractivity contribution in [2.24, 2.45) is 0 Å². The molecule has 0 spiro atoms.